The molecule has 0 saturated heterocycles. The van der Waals surface area contributed by atoms with Crippen molar-refractivity contribution in [1.82, 2.24) is 9.97 Å². The van der Waals surface area contributed by atoms with Crippen LogP contribution in [-0.2, 0) is 24.9 Å². The summed E-state index contributed by atoms with van der Waals surface area (Å²) < 4.78 is 38.6. The van der Waals surface area contributed by atoms with Crippen molar-refractivity contribution in [2.45, 2.75) is 125 Å². The second-order valence-corrected chi connectivity index (χ2v) is 16.9. The van der Waals surface area contributed by atoms with E-state index in [1.165, 1.54) is 84.9 Å². The van der Waals surface area contributed by atoms with Crippen LogP contribution < -0.4 is 0 Å². The van der Waals surface area contributed by atoms with Gasteiger partial charge in [-0.2, -0.15) is 13.2 Å². The Morgan fingerprint density at radius 1 is 1.00 bits per heavy atom. The minimum atomic E-state index is -4.58. The summed E-state index contributed by atoms with van der Waals surface area (Å²) in [4.78, 5) is 21.9. The van der Waals surface area contributed by atoms with Gasteiger partial charge in [0.25, 0.3) is 0 Å². The standard InChI is InChI=1S/C32H35N2S.C11H17F3O2.Ir/c1-21-17-22(2)19-27(18-21)29-31-28(33-20-34-29)23(3)30(35-31)26-9-7-24(8-10-26)25-11-15-32(16-12-25)13-5-4-6-14-32;1-7(2)5-8(15)6-9(16)10(3,4)11(12,13)14;/h7-10,17-18,20,25H,4-6,11-16H2,1-3H3;6-7,16H,5H2,1-4H3;/q-1;;/b;9-6-;. The number of carbonyl (C=O) groups is 1. The number of aromatic nitrogens is 2. The third kappa shape index (κ3) is 9.61. The average molecular weight is 910 g/mol. The van der Waals surface area contributed by atoms with Crippen LogP contribution >= 0.6 is 11.3 Å². The molecule has 2 fully saturated rings. The average Bonchev–Trinajstić information content (AvgIpc) is 3.41. The number of aliphatic hydroxyl groups excluding tert-OH is 1. The summed E-state index contributed by atoms with van der Waals surface area (Å²) in [5, 5.41) is 9.32. The fourth-order valence-corrected chi connectivity index (χ4v) is 8.99. The largest absolute Gasteiger partial charge is 0.511 e. The van der Waals surface area contributed by atoms with Crippen molar-refractivity contribution >= 4 is 27.3 Å². The zero-order valence-corrected chi connectivity index (χ0v) is 34.7. The molecule has 1 spiro atoms. The zero-order valence-electron chi connectivity index (χ0n) is 31.5. The minimum Gasteiger partial charge on any atom is -0.511 e. The van der Waals surface area contributed by atoms with Gasteiger partial charge in [0, 0.05) is 47.9 Å². The summed E-state index contributed by atoms with van der Waals surface area (Å²) in [5.41, 5.74) is 7.89. The summed E-state index contributed by atoms with van der Waals surface area (Å²) in [7, 11) is 0. The molecule has 1 radical (unpaired) electrons. The Labute approximate surface area is 325 Å². The van der Waals surface area contributed by atoms with Crippen molar-refractivity contribution in [3.63, 3.8) is 0 Å². The van der Waals surface area contributed by atoms with Crippen LogP contribution in [0.25, 0.3) is 31.9 Å². The fraction of sp³-hybridized carbons (Fsp3) is 0.512. The Balaban J connectivity index is 0.000000305. The molecule has 0 bridgehead atoms. The summed E-state index contributed by atoms with van der Waals surface area (Å²) in [6, 6.07) is 17.3. The third-order valence-corrected chi connectivity index (χ3v) is 12.3. The number of allylic oxidation sites excluding steroid dienone is 2. The van der Waals surface area contributed by atoms with Gasteiger partial charge in [-0.25, -0.2) is 4.98 Å². The van der Waals surface area contributed by atoms with Gasteiger partial charge >= 0.3 is 6.18 Å². The number of thiophene rings is 1. The van der Waals surface area contributed by atoms with Crippen LogP contribution in [0, 0.1) is 43.6 Å². The van der Waals surface area contributed by atoms with Crippen LogP contribution in [0.4, 0.5) is 13.2 Å². The van der Waals surface area contributed by atoms with E-state index < -0.39 is 23.1 Å². The SMILES string of the molecule is CC(C)CC(=O)/C=C(\O)C(C)(C)C(F)(F)F.Cc1[c-]c(-c2ncnc3c(C)c(-c4ccc(C5CCC6(CCCCC6)CC5)cc4)sc23)cc(C)c1.[Ir]. The van der Waals surface area contributed by atoms with E-state index in [0.717, 1.165) is 46.8 Å². The van der Waals surface area contributed by atoms with E-state index in [-0.39, 0.29) is 32.4 Å². The van der Waals surface area contributed by atoms with Gasteiger partial charge in [-0.3, -0.25) is 9.78 Å². The molecule has 2 heterocycles. The van der Waals surface area contributed by atoms with E-state index in [4.69, 9.17) is 0 Å². The maximum absolute atomic E-state index is 12.5. The fourth-order valence-electron chi connectivity index (χ4n) is 7.73. The summed E-state index contributed by atoms with van der Waals surface area (Å²) >= 11 is 1.82. The Morgan fingerprint density at radius 3 is 2.21 bits per heavy atom. The molecule has 2 saturated carbocycles. The third-order valence-electron chi connectivity index (χ3n) is 11.0. The topological polar surface area (TPSA) is 63.1 Å². The van der Waals surface area contributed by atoms with Crippen molar-refractivity contribution in [2.24, 2.45) is 16.7 Å². The summed E-state index contributed by atoms with van der Waals surface area (Å²) in [6.07, 6.45) is 10.9. The number of benzene rings is 2. The number of carbonyl (C=O) groups excluding carboxylic acids is 1. The molecule has 4 nitrogen and oxygen atoms in total. The van der Waals surface area contributed by atoms with Crippen LogP contribution in [0.3, 0.4) is 0 Å². The maximum Gasteiger partial charge on any atom is 0.400 e. The molecule has 2 aliphatic rings. The Bertz CT molecular complexity index is 1840. The number of fused-ring (bicyclic) bond motifs is 1. The van der Waals surface area contributed by atoms with E-state index in [1.54, 1.807) is 20.2 Å². The van der Waals surface area contributed by atoms with Crippen molar-refractivity contribution in [2.75, 3.05) is 0 Å². The second-order valence-electron chi connectivity index (χ2n) is 15.9. The van der Waals surface area contributed by atoms with Gasteiger partial charge in [0.15, 0.2) is 5.78 Å². The molecular formula is C43H52F3IrN2O2S-. The first kappa shape index (κ1) is 41.9. The van der Waals surface area contributed by atoms with Crippen LogP contribution in [0.1, 0.15) is 120 Å². The summed E-state index contributed by atoms with van der Waals surface area (Å²) in [5.74, 6) is -0.654. The predicted octanol–water partition coefficient (Wildman–Crippen LogP) is 13.0. The Kier molecular flexibility index (Phi) is 13.8. The number of hydrogen-bond acceptors (Lipinski definition) is 5. The molecule has 9 heteroatoms. The first-order valence-electron chi connectivity index (χ1n) is 18.4. The van der Waals surface area contributed by atoms with Crippen molar-refractivity contribution < 1.29 is 43.2 Å². The van der Waals surface area contributed by atoms with Gasteiger partial charge in [-0.1, -0.05) is 71.2 Å². The first-order chi connectivity index (χ1) is 24.0. The predicted molar refractivity (Wildman–Crippen MR) is 203 cm³/mol. The number of aryl methyl sites for hydroxylation is 3. The molecule has 4 aromatic rings. The van der Waals surface area contributed by atoms with Crippen molar-refractivity contribution in [3.8, 4) is 21.7 Å². The van der Waals surface area contributed by atoms with Gasteiger partial charge in [0.1, 0.15) is 17.5 Å². The number of nitrogens with zero attached hydrogens (tertiary/aromatic N) is 2. The molecule has 2 aliphatic carbocycles. The number of aliphatic hydroxyl groups is 1. The second kappa shape index (κ2) is 17.1. The normalized spacial score (nSPS) is 16.8. The van der Waals surface area contributed by atoms with Gasteiger partial charge in [0.05, 0.1) is 5.52 Å². The van der Waals surface area contributed by atoms with Gasteiger partial charge in [-0.15, -0.1) is 46.2 Å². The molecule has 0 unspecified atom stereocenters. The monoisotopic (exact) mass is 910 g/mol. The number of rotatable bonds is 7. The Hall–Kier alpha value is -2.87. The van der Waals surface area contributed by atoms with Gasteiger partial charge < -0.3 is 5.11 Å². The number of hydrogen-bond donors (Lipinski definition) is 1. The van der Waals surface area contributed by atoms with Crippen LogP contribution in [-0.4, -0.2) is 27.0 Å². The number of alkyl halides is 3. The first-order valence-corrected chi connectivity index (χ1v) is 19.2. The van der Waals surface area contributed by atoms with E-state index in [0.29, 0.717) is 11.5 Å². The van der Waals surface area contributed by atoms with Crippen molar-refractivity contribution in [1.29, 1.82) is 0 Å². The molecule has 0 amide bonds. The number of halogens is 3. The molecule has 2 aromatic heterocycles. The Morgan fingerprint density at radius 2 is 1.63 bits per heavy atom. The molecule has 0 atom stereocenters. The molecule has 1 N–H and O–H groups in total. The van der Waals surface area contributed by atoms with Crippen LogP contribution in [0.2, 0.25) is 0 Å². The quantitative estimate of drug-likeness (QED) is 0.114. The maximum atomic E-state index is 12.5. The smallest absolute Gasteiger partial charge is 0.400 e. The molecule has 2 aromatic carbocycles. The van der Waals surface area contributed by atoms with Crippen LogP contribution in [0.5, 0.6) is 0 Å². The van der Waals surface area contributed by atoms with Gasteiger partial charge in [0.2, 0.25) is 0 Å². The molecule has 52 heavy (non-hydrogen) atoms. The van der Waals surface area contributed by atoms with Gasteiger partial charge in [-0.05, 0) is 93.2 Å². The zero-order chi connectivity index (χ0) is 37.1. The molecule has 283 valence electrons. The van der Waals surface area contributed by atoms with E-state index >= 15 is 0 Å². The van der Waals surface area contributed by atoms with Crippen LogP contribution in [0.15, 0.2) is 54.6 Å². The van der Waals surface area contributed by atoms with E-state index in [9.17, 15) is 23.1 Å². The molecular weight excluding hydrogens is 858 g/mol. The number of ketones is 1. The molecule has 6 rings (SSSR count). The molecule has 0 aliphatic heterocycles. The van der Waals surface area contributed by atoms with E-state index in [1.807, 2.05) is 11.3 Å². The van der Waals surface area contributed by atoms with E-state index in [2.05, 4.69) is 73.2 Å². The minimum absolute atomic E-state index is 0. The van der Waals surface area contributed by atoms with Crippen molar-refractivity contribution in [3.05, 3.63) is 82.9 Å². The summed E-state index contributed by atoms with van der Waals surface area (Å²) in [6.45, 7) is 11.7.